The van der Waals surface area contributed by atoms with Crippen LogP contribution in [0.15, 0.2) is 18.3 Å². The highest BCUT2D eigenvalue weighted by Gasteiger charge is 2.47. The van der Waals surface area contributed by atoms with Gasteiger partial charge in [0.25, 0.3) is 0 Å². The zero-order valence-electron chi connectivity index (χ0n) is 15.4. The average molecular weight is 364 g/mol. The van der Waals surface area contributed by atoms with E-state index in [1.807, 2.05) is 0 Å². The van der Waals surface area contributed by atoms with Crippen LogP contribution in [0, 0.1) is 17.7 Å². The van der Waals surface area contributed by atoms with Crippen molar-refractivity contribution >= 4 is 0 Å². The average Bonchev–Trinajstić information content (AvgIpc) is 2.63. The first-order valence-corrected chi connectivity index (χ1v) is 9.90. The number of hydrogen-bond acceptors (Lipinski definition) is 5. The fraction of sp³-hybridized carbons (Fsp3) is 0.750. The maximum absolute atomic E-state index is 13.6. The van der Waals surface area contributed by atoms with Gasteiger partial charge in [-0.15, -0.1) is 0 Å². The van der Waals surface area contributed by atoms with Gasteiger partial charge in [0, 0.05) is 45.7 Å². The molecule has 4 rings (SSSR count). The van der Waals surface area contributed by atoms with Gasteiger partial charge in [0.1, 0.15) is 0 Å². The van der Waals surface area contributed by atoms with Crippen molar-refractivity contribution in [2.75, 3.05) is 46.1 Å². The summed E-state index contributed by atoms with van der Waals surface area (Å²) in [4.78, 5) is 6.48. The molecule has 0 N–H and O–H groups in total. The predicted octanol–water partition coefficient (Wildman–Crippen LogP) is 2.90. The third kappa shape index (κ3) is 4.35. The fourth-order valence-electron chi connectivity index (χ4n) is 4.59. The van der Waals surface area contributed by atoms with Crippen LogP contribution in [0.1, 0.15) is 32.1 Å². The van der Waals surface area contributed by atoms with Crippen LogP contribution in [0.25, 0.3) is 0 Å². The first-order chi connectivity index (χ1) is 12.7. The van der Waals surface area contributed by atoms with Crippen LogP contribution in [0.3, 0.4) is 0 Å². The van der Waals surface area contributed by atoms with Gasteiger partial charge in [-0.05, 0) is 56.1 Å². The summed E-state index contributed by atoms with van der Waals surface area (Å²) in [5.74, 6) is 1.09. The van der Waals surface area contributed by atoms with E-state index in [9.17, 15) is 4.39 Å². The van der Waals surface area contributed by atoms with E-state index in [4.69, 9.17) is 14.2 Å². The summed E-state index contributed by atoms with van der Waals surface area (Å²) in [5.41, 5.74) is 0.0460. The van der Waals surface area contributed by atoms with Crippen LogP contribution in [0.4, 0.5) is 4.39 Å². The van der Waals surface area contributed by atoms with Crippen molar-refractivity contribution in [2.45, 2.75) is 37.7 Å². The van der Waals surface area contributed by atoms with E-state index >= 15 is 0 Å². The first kappa shape index (κ1) is 18.1. The second kappa shape index (κ2) is 8.19. The van der Waals surface area contributed by atoms with Crippen LogP contribution in [0.2, 0.25) is 0 Å². The highest BCUT2D eigenvalue weighted by molar-refractivity contribution is 5.12. The van der Waals surface area contributed by atoms with Crippen molar-refractivity contribution in [3.05, 3.63) is 24.1 Å². The highest BCUT2D eigenvalue weighted by atomic mass is 19.1. The lowest BCUT2D eigenvalue weighted by Gasteiger charge is -2.54. The minimum atomic E-state index is -0.390. The van der Waals surface area contributed by atoms with Crippen molar-refractivity contribution < 1.29 is 18.6 Å². The zero-order chi connectivity index (χ0) is 17.8. The maximum atomic E-state index is 13.6. The summed E-state index contributed by atoms with van der Waals surface area (Å²) >= 11 is 0. The smallest absolute Gasteiger partial charge is 0.250 e. The van der Waals surface area contributed by atoms with Gasteiger partial charge in [-0.2, -0.15) is 0 Å². The number of pyridine rings is 1. The number of aromatic nitrogens is 1. The van der Waals surface area contributed by atoms with Crippen LogP contribution in [-0.2, 0) is 9.47 Å². The summed E-state index contributed by atoms with van der Waals surface area (Å²) in [6, 6.07) is 2.96. The maximum Gasteiger partial charge on any atom is 0.250 e. The van der Waals surface area contributed by atoms with E-state index in [1.165, 1.54) is 25.5 Å². The molecular weight excluding hydrogens is 335 g/mol. The van der Waals surface area contributed by atoms with Gasteiger partial charge < -0.3 is 14.2 Å². The van der Waals surface area contributed by atoms with Gasteiger partial charge in [-0.25, -0.2) is 9.37 Å². The number of likely N-dealkylation sites (tertiary alicyclic amines) is 1. The summed E-state index contributed by atoms with van der Waals surface area (Å²) in [6.45, 7) is 6.46. The van der Waals surface area contributed by atoms with E-state index in [-0.39, 0.29) is 11.5 Å². The molecule has 3 aliphatic heterocycles. The van der Waals surface area contributed by atoms with Gasteiger partial charge in [-0.3, -0.25) is 4.90 Å². The largest absolute Gasteiger partial charge is 0.476 e. The molecule has 0 bridgehead atoms. The lowest BCUT2D eigenvalue weighted by Crippen LogP contribution is -2.65. The SMILES string of the molecule is Fc1cccnc1OCC[C@H]1CCOC2(C1)CN(CC1CCOCC1)C2. The van der Waals surface area contributed by atoms with Gasteiger partial charge in [-0.1, -0.05) is 0 Å². The van der Waals surface area contributed by atoms with E-state index in [0.717, 1.165) is 58.1 Å². The van der Waals surface area contributed by atoms with E-state index in [2.05, 4.69) is 9.88 Å². The Kier molecular flexibility index (Phi) is 5.72. The molecule has 5 nitrogen and oxygen atoms in total. The monoisotopic (exact) mass is 364 g/mol. The van der Waals surface area contributed by atoms with Crippen LogP contribution in [0.5, 0.6) is 5.88 Å². The molecule has 4 heterocycles. The standard InChI is InChI=1S/C20H29FN2O3/c21-18-2-1-7-22-19(18)25-10-5-16-6-11-26-20(12-16)14-23(15-20)13-17-3-8-24-9-4-17/h1-2,7,16-17H,3-6,8-15H2/t16-/m0/s1. The lowest BCUT2D eigenvalue weighted by atomic mass is 9.79. The van der Waals surface area contributed by atoms with E-state index in [1.54, 1.807) is 12.3 Å². The molecule has 6 heteroatoms. The summed E-state index contributed by atoms with van der Waals surface area (Å²) in [7, 11) is 0. The number of halogens is 1. The number of nitrogens with zero attached hydrogens (tertiary/aromatic N) is 2. The molecule has 0 saturated carbocycles. The molecule has 0 unspecified atom stereocenters. The quantitative estimate of drug-likeness (QED) is 0.777. The number of ether oxygens (including phenoxy) is 3. The Bertz CT molecular complexity index is 588. The van der Waals surface area contributed by atoms with Gasteiger partial charge in [0.15, 0.2) is 5.82 Å². The Balaban J connectivity index is 1.19. The molecule has 3 fully saturated rings. The Labute approximate surface area is 154 Å². The third-order valence-electron chi connectivity index (χ3n) is 5.97. The molecule has 1 atom stereocenters. The first-order valence-electron chi connectivity index (χ1n) is 9.90. The van der Waals surface area contributed by atoms with Crippen molar-refractivity contribution in [1.29, 1.82) is 0 Å². The van der Waals surface area contributed by atoms with Crippen LogP contribution < -0.4 is 4.74 Å². The number of rotatable bonds is 6. The second-order valence-electron chi connectivity index (χ2n) is 8.04. The molecule has 26 heavy (non-hydrogen) atoms. The van der Waals surface area contributed by atoms with Crippen molar-refractivity contribution in [2.24, 2.45) is 11.8 Å². The Morgan fingerprint density at radius 1 is 1.19 bits per heavy atom. The molecule has 0 aromatic carbocycles. The fourth-order valence-corrected chi connectivity index (χ4v) is 4.59. The van der Waals surface area contributed by atoms with E-state index in [0.29, 0.717) is 12.5 Å². The van der Waals surface area contributed by atoms with Gasteiger partial charge in [0.05, 0.1) is 12.2 Å². The zero-order valence-corrected chi connectivity index (χ0v) is 15.4. The minimum absolute atomic E-state index is 0.0460. The molecule has 3 saturated heterocycles. The summed E-state index contributed by atoms with van der Waals surface area (Å²) in [5, 5.41) is 0. The summed E-state index contributed by atoms with van der Waals surface area (Å²) < 4.78 is 30.7. The highest BCUT2D eigenvalue weighted by Crippen LogP contribution is 2.38. The van der Waals surface area contributed by atoms with Crippen molar-refractivity contribution in [1.82, 2.24) is 9.88 Å². The molecular formula is C20H29FN2O3. The van der Waals surface area contributed by atoms with Gasteiger partial charge in [0.2, 0.25) is 5.88 Å². The Morgan fingerprint density at radius 3 is 2.81 bits per heavy atom. The van der Waals surface area contributed by atoms with Crippen LogP contribution >= 0.6 is 0 Å². The Morgan fingerprint density at radius 2 is 2.00 bits per heavy atom. The van der Waals surface area contributed by atoms with Crippen molar-refractivity contribution in [3.8, 4) is 5.88 Å². The minimum Gasteiger partial charge on any atom is -0.476 e. The normalized spacial score (nSPS) is 26.6. The number of hydrogen-bond donors (Lipinski definition) is 0. The second-order valence-corrected chi connectivity index (χ2v) is 8.04. The topological polar surface area (TPSA) is 43.8 Å². The van der Waals surface area contributed by atoms with Gasteiger partial charge >= 0.3 is 0 Å². The molecule has 1 aromatic rings. The molecule has 0 amide bonds. The predicted molar refractivity (Wildman–Crippen MR) is 95.7 cm³/mol. The lowest BCUT2D eigenvalue weighted by molar-refractivity contribution is -0.183. The van der Waals surface area contributed by atoms with Crippen molar-refractivity contribution in [3.63, 3.8) is 0 Å². The molecule has 144 valence electrons. The Hall–Kier alpha value is -1.24. The third-order valence-corrected chi connectivity index (χ3v) is 5.97. The van der Waals surface area contributed by atoms with E-state index < -0.39 is 5.82 Å². The molecule has 3 aliphatic rings. The van der Waals surface area contributed by atoms with Crippen LogP contribution in [-0.4, -0.2) is 61.5 Å². The summed E-state index contributed by atoms with van der Waals surface area (Å²) in [6.07, 6.45) is 7.02. The molecule has 1 spiro atoms. The molecule has 1 aromatic heterocycles. The molecule has 0 aliphatic carbocycles. The molecule has 0 radical (unpaired) electrons.